The van der Waals surface area contributed by atoms with Crippen molar-refractivity contribution < 1.29 is 0 Å². The van der Waals surface area contributed by atoms with Gasteiger partial charge in [0.1, 0.15) is 5.82 Å². The zero-order valence-electron chi connectivity index (χ0n) is 10.4. The van der Waals surface area contributed by atoms with Gasteiger partial charge in [-0.15, -0.1) is 0 Å². The van der Waals surface area contributed by atoms with Crippen molar-refractivity contribution >= 4 is 52.4 Å². The molecule has 2 rings (SSSR count). The van der Waals surface area contributed by atoms with Crippen LogP contribution in [0.2, 0.25) is 5.02 Å². The number of benzene rings is 1. The van der Waals surface area contributed by atoms with E-state index < -0.39 is 3.79 Å². The van der Waals surface area contributed by atoms with Crippen LogP contribution in [0.25, 0.3) is 0 Å². The fraction of sp³-hybridized carbons (Fsp3) is 0.250. The first-order chi connectivity index (χ1) is 9.34. The average Bonchev–Trinajstić information content (AvgIpc) is 2.36. The van der Waals surface area contributed by atoms with Crippen molar-refractivity contribution in [2.45, 2.75) is 17.3 Å². The Kier molecular flexibility index (Phi) is 4.91. The van der Waals surface area contributed by atoms with Crippen LogP contribution >= 0.6 is 46.4 Å². The van der Waals surface area contributed by atoms with Crippen LogP contribution < -0.4 is 5.32 Å². The SMILES string of the molecule is Cc1nc(NCc2ccc(Cl)cc2)nc(C(Cl)(Cl)Cl)n1. The predicted octanol–water partition coefficient (Wildman–Crippen LogP) is 4.27. The van der Waals surface area contributed by atoms with E-state index >= 15 is 0 Å². The summed E-state index contributed by atoms with van der Waals surface area (Å²) in [4.78, 5) is 12.2. The maximum Gasteiger partial charge on any atom is 0.250 e. The van der Waals surface area contributed by atoms with E-state index in [4.69, 9.17) is 46.4 Å². The number of alkyl halides is 3. The van der Waals surface area contributed by atoms with Crippen LogP contribution in [0.15, 0.2) is 24.3 Å². The molecule has 1 aromatic carbocycles. The number of nitrogens with one attached hydrogen (secondary N) is 1. The van der Waals surface area contributed by atoms with Crippen molar-refractivity contribution in [3.63, 3.8) is 0 Å². The molecule has 0 bridgehead atoms. The molecule has 1 heterocycles. The van der Waals surface area contributed by atoms with Gasteiger partial charge in [-0.1, -0.05) is 58.5 Å². The van der Waals surface area contributed by atoms with Gasteiger partial charge in [-0.05, 0) is 24.6 Å². The molecule has 4 nitrogen and oxygen atoms in total. The first-order valence-electron chi connectivity index (χ1n) is 5.63. The number of hydrogen-bond acceptors (Lipinski definition) is 4. The van der Waals surface area contributed by atoms with Gasteiger partial charge in [-0.25, -0.2) is 4.98 Å². The lowest BCUT2D eigenvalue weighted by atomic mass is 10.2. The predicted molar refractivity (Wildman–Crippen MR) is 82.6 cm³/mol. The number of hydrogen-bond donors (Lipinski definition) is 1. The third-order valence-electron chi connectivity index (χ3n) is 2.36. The molecule has 0 amide bonds. The van der Waals surface area contributed by atoms with E-state index in [0.717, 1.165) is 5.56 Å². The zero-order chi connectivity index (χ0) is 14.8. The second kappa shape index (κ2) is 6.31. The molecule has 0 spiro atoms. The summed E-state index contributed by atoms with van der Waals surface area (Å²) in [6.07, 6.45) is 0. The van der Waals surface area contributed by atoms with Gasteiger partial charge in [0.15, 0.2) is 5.82 Å². The van der Waals surface area contributed by atoms with Gasteiger partial charge in [-0.2, -0.15) is 9.97 Å². The number of halogens is 4. The Balaban J connectivity index is 2.13. The van der Waals surface area contributed by atoms with E-state index in [-0.39, 0.29) is 5.82 Å². The first-order valence-corrected chi connectivity index (χ1v) is 7.14. The summed E-state index contributed by atoms with van der Waals surface area (Å²) in [6.45, 7) is 2.23. The number of aryl methyl sites for hydroxylation is 1. The number of rotatable bonds is 3. The summed E-state index contributed by atoms with van der Waals surface area (Å²) < 4.78 is -1.68. The van der Waals surface area contributed by atoms with E-state index in [1.54, 1.807) is 6.92 Å². The van der Waals surface area contributed by atoms with E-state index in [1.165, 1.54) is 0 Å². The monoisotopic (exact) mass is 350 g/mol. The van der Waals surface area contributed by atoms with Crippen molar-refractivity contribution in [1.82, 2.24) is 15.0 Å². The lowest BCUT2D eigenvalue weighted by Crippen LogP contribution is -2.13. The van der Waals surface area contributed by atoms with Crippen LogP contribution in [-0.2, 0) is 10.3 Å². The first kappa shape index (κ1) is 15.6. The fourth-order valence-electron chi connectivity index (χ4n) is 1.47. The molecular formula is C12H10Cl4N4. The Hall–Kier alpha value is -0.810. The summed E-state index contributed by atoms with van der Waals surface area (Å²) >= 11 is 23.1. The molecule has 2 aromatic rings. The van der Waals surface area contributed by atoms with Crippen LogP contribution in [0.4, 0.5) is 5.95 Å². The molecule has 0 aliphatic carbocycles. The molecular weight excluding hydrogens is 342 g/mol. The minimum absolute atomic E-state index is 0.0913. The minimum Gasteiger partial charge on any atom is -0.350 e. The Labute approximate surface area is 136 Å². The van der Waals surface area contributed by atoms with E-state index in [2.05, 4.69) is 20.3 Å². The van der Waals surface area contributed by atoms with Gasteiger partial charge < -0.3 is 5.32 Å². The highest BCUT2D eigenvalue weighted by molar-refractivity contribution is 6.66. The van der Waals surface area contributed by atoms with Crippen molar-refractivity contribution in [3.05, 3.63) is 46.5 Å². The van der Waals surface area contributed by atoms with Crippen LogP contribution in [0.3, 0.4) is 0 Å². The minimum atomic E-state index is -1.68. The molecule has 0 saturated carbocycles. The third-order valence-corrected chi connectivity index (χ3v) is 3.12. The molecule has 1 aromatic heterocycles. The second-order valence-electron chi connectivity index (χ2n) is 4.01. The Morgan fingerprint density at radius 1 is 1.05 bits per heavy atom. The van der Waals surface area contributed by atoms with Gasteiger partial charge in [0.2, 0.25) is 9.74 Å². The van der Waals surface area contributed by atoms with Crippen molar-refractivity contribution in [2.75, 3.05) is 5.32 Å². The fourth-order valence-corrected chi connectivity index (χ4v) is 1.85. The molecule has 0 saturated heterocycles. The summed E-state index contributed by atoms with van der Waals surface area (Å²) in [6, 6.07) is 7.42. The lowest BCUT2D eigenvalue weighted by Gasteiger charge is -2.12. The molecule has 0 atom stereocenters. The smallest absolute Gasteiger partial charge is 0.250 e. The van der Waals surface area contributed by atoms with E-state index in [9.17, 15) is 0 Å². The summed E-state index contributed by atoms with van der Waals surface area (Å²) in [5.41, 5.74) is 1.03. The third kappa shape index (κ3) is 4.35. The van der Waals surface area contributed by atoms with Crippen molar-refractivity contribution in [1.29, 1.82) is 0 Å². The van der Waals surface area contributed by atoms with Crippen LogP contribution in [0.1, 0.15) is 17.2 Å². The van der Waals surface area contributed by atoms with E-state index in [0.29, 0.717) is 23.3 Å². The number of anilines is 1. The Morgan fingerprint density at radius 3 is 2.30 bits per heavy atom. The maximum absolute atomic E-state index is 5.82. The maximum atomic E-state index is 5.82. The summed E-state index contributed by atoms with van der Waals surface area (Å²) in [5.74, 6) is 0.919. The van der Waals surface area contributed by atoms with Crippen LogP contribution in [-0.4, -0.2) is 15.0 Å². The highest BCUT2D eigenvalue weighted by atomic mass is 35.6. The van der Waals surface area contributed by atoms with Crippen LogP contribution in [0, 0.1) is 6.92 Å². The molecule has 0 aliphatic rings. The van der Waals surface area contributed by atoms with Crippen molar-refractivity contribution in [2.24, 2.45) is 0 Å². The molecule has 20 heavy (non-hydrogen) atoms. The lowest BCUT2D eigenvalue weighted by molar-refractivity contribution is 0.871. The average molecular weight is 352 g/mol. The summed E-state index contributed by atoms with van der Waals surface area (Å²) in [5, 5.41) is 3.74. The largest absolute Gasteiger partial charge is 0.350 e. The highest BCUT2D eigenvalue weighted by Crippen LogP contribution is 2.35. The highest BCUT2D eigenvalue weighted by Gasteiger charge is 2.27. The zero-order valence-corrected chi connectivity index (χ0v) is 13.4. The number of nitrogens with zero attached hydrogens (tertiary/aromatic N) is 3. The van der Waals surface area contributed by atoms with Crippen LogP contribution in [0.5, 0.6) is 0 Å². The quantitative estimate of drug-likeness (QED) is 0.839. The normalized spacial score (nSPS) is 11.4. The van der Waals surface area contributed by atoms with Gasteiger partial charge in [0, 0.05) is 11.6 Å². The molecule has 0 fully saturated rings. The van der Waals surface area contributed by atoms with Gasteiger partial charge in [0.05, 0.1) is 0 Å². The van der Waals surface area contributed by atoms with Gasteiger partial charge in [-0.3, -0.25) is 0 Å². The Bertz CT molecular complexity index is 595. The molecule has 1 N–H and O–H groups in total. The van der Waals surface area contributed by atoms with Gasteiger partial charge >= 0.3 is 0 Å². The molecule has 0 unspecified atom stereocenters. The standard InChI is InChI=1S/C12H10Cl4N4/c1-7-18-10(12(14,15)16)20-11(19-7)17-6-8-2-4-9(13)5-3-8/h2-5H,6H2,1H3,(H,17,18,19,20). The van der Waals surface area contributed by atoms with Gasteiger partial charge in [0.25, 0.3) is 0 Å². The topological polar surface area (TPSA) is 50.7 Å². The van der Waals surface area contributed by atoms with Crippen molar-refractivity contribution in [3.8, 4) is 0 Å². The van der Waals surface area contributed by atoms with E-state index in [1.807, 2.05) is 24.3 Å². The molecule has 0 radical (unpaired) electrons. The molecule has 106 valence electrons. The Morgan fingerprint density at radius 2 is 1.70 bits per heavy atom. The number of aromatic nitrogens is 3. The second-order valence-corrected chi connectivity index (χ2v) is 6.73. The molecule has 8 heteroatoms. The summed E-state index contributed by atoms with van der Waals surface area (Å²) in [7, 11) is 0. The molecule has 0 aliphatic heterocycles.